The molecule has 0 spiro atoms. The molecule has 1 aliphatic rings. The number of carbonyl (C=O) groups is 3. The number of nitrogens with zero attached hydrogens (tertiary/aromatic N) is 1. The lowest BCUT2D eigenvalue weighted by molar-refractivity contribution is 0.0962. The van der Waals surface area contributed by atoms with E-state index in [4.69, 9.17) is 9.47 Å². The van der Waals surface area contributed by atoms with Crippen LogP contribution in [-0.2, 0) is 17.7 Å². The van der Waals surface area contributed by atoms with Gasteiger partial charge in [0.05, 0.1) is 25.8 Å². The second kappa shape index (κ2) is 11.0. The van der Waals surface area contributed by atoms with E-state index in [0.717, 1.165) is 35.5 Å². The van der Waals surface area contributed by atoms with Crippen molar-refractivity contribution in [3.63, 3.8) is 0 Å². The molecule has 0 fully saturated rings. The van der Waals surface area contributed by atoms with Gasteiger partial charge in [0.15, 0.2) is 0 Å². The average molecular weight is 460 g/mol. The molecule has 172 valence electrons. The van der Waals surface area contributed by atoms with Crippen LogP contribution in [0.25, 0.3) is 0 Å². The molecule has 1 aromatic heterocycles. The molecule has 8 nitrogen and oxygen atoms in total. The lowest BCUT2D eigenvalue weighted by Crippen LogP contribution is -2.35. The summed E-state index contributed by atoms with van der Waals surface area (Å²) in [5.74, 6) is 0.148. The molecule has 9 heteroatoms. The van der Waals surface area contributed by atoms with Crippen LogP contribution < -0.4 is 15.4 Å². The summed E-state index contributed by atoms with van der Waals surface area (Å²) in [6.07, 6.45) is 3.36. The molecule has 32 heavy (non-hydrogen) atoms. The highest BCUT2D eigenvalue weighted by Crippen LogP contribution is 2.37. The van der Waals surface area contributed by atoms with E-state index in [1.165, 1.54) is 18.4 Å². The molecule has 0 atom stereocenters. The van der Waals surface area contributed by atoms with E-state index in [1.807, 2.05) is 0 Å². The van der Waals surface area contributed by atoms with E-state index in [9.17, 15) is 14.4 Å². The molecule has 0 radical (unpaired) electrons. The maximum atomic E-state index is 12.9. The summed E-state index contributed by atoms with van der Waals surface area (Å²) in [5.41, 5.74) is 1.79. The maximum Gasteiger partial charge on any atom is 0.409 e. The van der Waals surface area contributed by atoms with Gasteiger partial charge in [0, 0.05) is 24.0 Å². The zero-order valence-corrected chi connectivity index (χ0v) is 19.5. The smallest absolute Gasteiger partial charge is 0.409 e. The minimum absolute atomic E-state index is 0.264. The number of hydrogen-bond acceptors (Lipinski definition) is 6. The number of unbranched alkanes of at least 4 members (excludes halogenated alkanes) is 2. The van der Waals surface area contributed by atoms with Gasteiger partial charge in [-0.05, 0) is 42.7 Å². The summed E-state index contributed by atoms with van der Waals surface area (Å²) in [4.78, 5) is 39.8. The van der Waals surface area contributed by atoms with Gasteiger partial charge in [0.2, 0.25) is 0 Å². The lowest BCUT2D eigenvalue weighted by atomic mass is 10.0. The Balaban J connectivity index is 1.75. The molecule has 2 N–H and O–H groups in total. The van der Waals surface area contributed by atoms with E-state index < -0.39 is 6.09 Å². The highest BCUT2D eigenvalue weighted by atomic mass is 32.1. The molecule has 3 amide bonds. The maximum absolute atomic E-state index is 12.9. The molecule has 0 saturated carbocycles. The van der Waals surface area contributed by atoms with Crippen molar-refractivity contribution in [2.24, 2.45) is 0 Å². The quantitative estimate of drug-likeness (QED) is 0.581. The molecule has 1 aromatic carbocycles. The van der Waals surface area contributed by atoms with Gasteiger partial charge in [-0.2, -0.15) is 0 Å². The zero-order chi connectivity index (χ0) is 23.1. The predicted molar refractivity (Wildman–Crippen MR) is 124 cm³/mol. The van der Waals surface area contributed by atoms with Gasteiger partial charge in [-0.1, -0.05) is 19.8 Å². The van der Waals surface area contributed by atoms with E-state index in [1.54, 1.807) is 36.2 Å². The van der Waals surface area contributed by atoms with Crippen LogP contribution in [0.3, 0.4) is 0 Å². The van der Waals surface area contributed by atoms with Crippen LogP contribution in [0.4, 0.5) is 9.80 Å². The third kappa shape index (κ3) is 5.40. The minimum atomic E-state index is -0.409. The highest BCUT2D eigenvalue weighted by molar-refractivity contribution is 7.17. The molecule has 0 bridgehead atoms. The summed E-state index contributed by atoms with van der Waals surface area (Å²) in [6.45, 7) is 3.59. The van der Waals surface area contributed by atoms with Crippen molar-refractivity contribution in [2.75, 3.05) is 32.6 Å². The first kappa shape index (κ1) is 23.6. The first-order valence-corrected chi connectivity index (χ1v) is 11.5. The number of methoxy groups -OCH3 is 1. The standard InChI is InChI=1S/C23H29N3O5S/c1-4-5-6-13-31-16-9-7-15(8-10-16)20(27)25-22-19(21(28)24-2)17-11-12-26(23(29)30-3)14-18(17)32-22/h7-10H,4-6,11-14H2,1-3H3,(H,24,28)(H,25,27). The number of benzene rings is 1. The largest absolute Gasteiger partial charge is 0.494 e. The van der Waals surface area contributed by atoms with Crippen LogP contribution in [0.15, 0.2) is 24.3 Å². The van der Waals surface area contributed by atoms with Crippen molar-refractivity contribution in [2.45, 2.75) is 39.2 Å². The first-order valence-electron chi connectivity index (χ1n) is 10.7. The van der Waals surface area contributed by atoms with Gasteiger partial charge in [-0.25, -0.2) is 4.79 Å². The second-order valence-electron chi connectivity index (χ2n) is 7.46. The van der Waals surface area contributed by atoms with Crippen LogP contribution >= 0.6 is 11.3 Å². The van der Waals surface area contributed by atoms with Crippen molar-refractivity contribution < 1.29 is 23.9 Å². The summed E-state index contributed by atoms with van der Waals surface area (Å²) < 4.78 is 10.5. The Morgan fingerprint density at radius 2 is 1.88 bits per heavy atom. The summed E-state index contributed by atoms with van der Waals surface area (Å²) in [6, 6.07) is 6.95. The number of amides is 3. The van der Waals surface area contributed by atoms with Crippen molar-refractivity contribution in [3.8, 4) is 5.75 Å². The van der Waals surface area contributed by atoms with Gasteiger partial charge >= 0.3 is 6.09 Å². The van der Waals surface area contributed by atoms with Gasteiger partial charge < -0.3 is 25.0 Å². The normalized spacial score (nSPS) is 12.7. The number of thiophene rings is 1. The Morgan fingerprint density at radius 3 is 2.53 bits per heavy atom. The van der Waals surface area contributed by atoms with Crippen LogP contribution in [0.1, 0.15) is 57.3 Å². The van der Waals surface area contributed by atoms with Crippen molar-refractivity contribution >= 4 is 34.2 Å². The Labute approximate surface area is 191 Å². The van der Waals surface area contributed by atoms with Gasteiger partial charge in [0.1, 0.15) is 10.8 Å². The minimum Gasteiger partial charge on any atom is -0.494 e. The molecule has 0 unspecified atom stereocenters. The van der Waals surface area contributed by atoms with Crippen LogP contribution in [-0.4, -0.2) is 50.1 Å². The van der Waals surface area contributed by atoms with Crippen molar-refractivity contribution in [1.82, 2.24) is 10.2 Å². The Kier molecular flexibility index (Phi) is 8.10. The van der Waals surface area contributed by atoms with E-state index >= 15 is 0 Å². The van der Waals surface area contributed by atoms with Gasteiger partial charge in [-0.15, -0.1) is 11.3 Å². The highest BCUT2D eigenvalue weighted by Gasteiger charge is 2.30. The van der Waals surface area contributed by atoms with Crippen LogP contribution in [0.2, 0.25) is 0 Å². The summed E-state index contributed by atoms with van der Waals surface area (Å²) >= 11 is 1.31. The summed E-state index contributed by atoms with van der Waals surface area (Å²) in [7, 11) is 2.90. The number of anilines is 1. The molecule has 0 aliphatic carbocycles. The molecular formula is C23H29N3O5S. The summed E-state index contributed by atoms with van der Waals surface area (Å²) in [5, 5.41) is 6.00. The molecule has 2 heterocycles. The van der Waals surface area contributed by atoms with E-state index in [2.05, 4.69) is 17.6 Å². The van der Waals surface area contributed by atoms with Gasteiger partial charge in [-0.3, -0.25) is 9.59 Å². The Morgan fingerprint density at radius 1 is 1.12 bits per heavy atom. The van der Waals surface area contributed by atoms with E-state index in [-0.39, 0.29) is 11.8 Å². The van der Waals surface area contributed by atoms with Crippen molar-refractivity contribution in [3.05, 3.63) is 45.8 Å². The number of carbonyl (C=O) groups excluding carboxylic acids is 3. The molecule has 0 saturated heterocycles. The second-order valence-corrected chi connectivity index (χ2v) is 8.57. The third-order valence-corrected chi connectivity index (χ3v) is 6.44. The average Bonchev–Trinajstić information content (AvgIpc) is 3.18. The fourth-order valence-electron chi connectivity index (χ4n) is 3.56. The number of nitrogens with one attached hydrogen (secondary N) is 2. The Hall–Kier alpha value is -3.07. The molecular weight excluding hydrogens is 430 g/mol. The molecule has 3 rings (SSSR count). The zero-order valence-electron chi connectivity index (χ0n) is 18.7. The molecule has 1 aliphatic heterocycles. The topological polar surface area (TPSA) is 97.0 Å². The predicted octanol–water partition coefficient (Wildman–Crippen LogP) is 4.05. The van der Waals surface area contributed by atoms with E-state index in [0.29, 0.717) is 42.2 Å². The fraction of sp³-hybridized carbons (Fsp3) is 0.435. The monoisotopic (exact) mass is 459 g/mol. The number of fused-ring (bicyclic) bond motifs is 1. The fourth-order valence-corrected chi connectivity index (χ4v) is 4.82. The number of rotatable bonds is 8. The lowest BCUT2D eigenvalue weighted by Gasteiger charge is -2.25. The SMILES string of the molecule is CCCCCOc1ccc(C(=O)Nc2sc3c(c2C(=O)NC)CCN(C(=O)OC)C3)cc1. The number of hydrogen-bond donors (Lipinski definition) is 2. The molecule has 2 aromatic rings. The van der Waals surface area contributed by atoms with Crippen molar-refractivity contribution in [1.29, 1.82) is 0 Å². The van der Waals surface area contributed by atoms with Crippen LogP contribution in [0.5, 0.6) is 5.75 Å². The van der Waals surface area contributed by atoms with Crippen LogP contribution in [0, 0.1) is 0 Å². The number of ether oxygens (including phenoxy) is 2. The Bertz CT molecular complexity index is 971. The van der Waals surface area contributed by atoms with Gasteiger partial charge in [0.25, 0.3) is 11.8 Å². The first-order chi connectivity index (χ1) is 15.5. The third-order valence-electron chi connectivity index (χ3n) is 5.30.